The van der Waals surface area contributed by atoms with Gasteiger partial charge < -0.3 is 4.74 Å². The van der Waals surface area contributed by atoms with Gasteiger partial charge in [0, 0.05) is 5.56 Å². The molecule has 0 saturated carbocycles. The number of hydrogen-bond donors (Lipinski definition) is 0. The van der Waals surface area contributed by atoms with Gasteiger partial charge in [-0.1, -0.05) is 29.3 Å². The average Bonchev–Trinajstić information content (AvgIpc) is 2.77. The maximum absolute atomic E-state index is 11.3. The topological polar surface area (TPSA) is 39.2 Å². The molecule has 1 aromatic carbocycles. The summed E-state index contributed by atoms with van der Waals surface area (Å²) in [6.07, 6.45) is 1.45. The van der Waals surface area contributed by atoms with Gasteiger partial charge >= 0.3 is 5.97 Å². The molecule has 6 heteroatoms. The molecule has 0 bridgehead atoms. The summed E-state index contributed by atoms with van der Waals surface area (Å²) in [5, 5.41) is 1.60. The van der Waals surface area contributed by atoms with E-state index in [4.69, 9.17) is 23.2 Å². The zero-order valence-electron chi connectivity index (χ0n) is 8.74. The van der Waals surface area contributed by atoms with E-state index in [2.05, 4.69) is 9.72 Å². The SMILES string of the molecule is COC(=O)c1cnc(-c2c(Cl)cccc2Cl)s1. The first kappa shape index (κ1) is 12.4. The zero-order chi connectivity index (χ0) is 12.4. The molecule has 1 aromatic heterocycles. The summed E-state index contributed by atoms with van der Waals surface area (Å²) in [6.45, 7) is 0. The molecule has 0 aliphatic rings. The number of halogens is 2. The second kappa shape index (κ2) is 5.04. The molecule has 17 heavy (non-hydrogen) atoms. The van der Waals surface area contributed by atoms with Crippen LogP contribution in [0.3, 0.4) is 0 Å². The van der Waals surface area contributed by atoms with E-state index in [-0.39, 0.29) is 0 Å². The fraction of sp³-hybridized carbons (Fsp3) is 0.0909. The van der Waals surface area contributed by atoms with Crippen LogP contribution in [0.15, 0.2) is 24.4 Å². The Morgan fingerprint density at radius 2 is 2.00 bits per heavy atom. The second-order valence-electron chi connectivity index (χ2n) is 3.12. The van der Waals surface area contributed by atoms with Crippen molar-refractivity contribution in [3.63, 3.8) is 0 Å². The maximum atomic E-state index is 11.3. The van der Waals surface area contributed by atoms with Crippen LogP contribution in [0.25, 0.3) is 10.6 Å². The number of methoxy groups -OCH3 is 1. The van der Waals surface area contributed by atoms with Gasteiger partial charge in [0.2, 0.25) is 0 Å². The van der Waals surface area contributed by atoms with Gasteiger partial charge in [0.15, 0.2) is 0 Å². The molecule has 0 unspecified atom stereocenters. The Balaban J connectivity index is 2.47. The third kappa shape index (κ3) is 2.44. The van der Waals surface area contributed by atoms with Crippen molar-refractivity contribution in [3.8, 4) is 10.6 Å². The molecule has 0 saturated heterocycles. The van der Waals surface area contributed by atoms with E-state index >= 15 is 0 Å². The van der Waals surface area contributed by atoms with Crippen molar-refractivity contribution >= 4 is 40.5 Å². The first-order valence-electron chi connectivity index (χ1n) is 4.62. The van der Waals surface area contributed by atoms with Crippen LogP contribution in [0.2, 0.25) is 10.0 Å². The van der Waals surface area contributed by atoms with Crippen molar-refractivity contribution < 1.29 is 9.53 Å². The standard InChI is InChI=1S/C11H7Cl2NO2S/c1-16-11(15)8-5-14-10(17-8)9-6(12)3-2-4-7(9)13/h2-5H,1H3. The number of esters is 1. The lowest BCUT2D eigenvalue weighted by atomic mass is 10.2. The summed E-state index contributed by atoms with van der Waals surface area (Å²) in [4.78, 5) is 15.9. The Kier molecular flexibility index (Phi) is 3.66. The Labute approximate surface area is 112 Å². The maximum Gasteiger partial charge on any atom is 0.349 e. The fourth-order valence-electron chi connectivity index (χ4n) is 1.29. The third-order valence-electron chi connectivity index (χ3n) is 2.07. The Morgan fingerprint density at radius 1 is 1.35 bits per heavy atom. The molecule has 0 atom stereocenters. The minimum atomic E-state index is -0.420. The molecule has 0 N–H and O–H groups in total. The minimum absolute atomic E-state index is 0.415. The van der Waals surface area contributed by atoms with Crippen molar-refractivity contribution in [2.24, 2.45) is 0 Å². The lowest BCUT2D eigenvalue weighted by molar-refractivity contribution is 0.0606. The Hall–Kier alpha value is -1.10. The number of carbonyl (C=O) groups excluding carboxylic acids is 1. The van der Waals surface area contributed by atoms with Gasteiger partial charge in [0.05, 0.1) is 23.4 Å². The highest BCUT2D eigenvalue weighted by Gasteiger charge is 2.15. The van der Waals surface area contributed by atoms with E-state index in [1.165, 1.54) is 24.6 Å². The first-order valence-corrected chi connectivity index (χ1v) is 6.19. The van der Waals surface area contributed by atoms with E-state index in [9.17, 15) is 4.79 Å². The van der Waals surface area contributed by atoms with E-state index in [1.54, 1.807) is 18.2 Å². The van der Waals surface area contributed by atoms with Crippen LogP contribution < -0.4 is 0 Å². The largest absolute Gasteiger partial charge is 0.465 e. The highest BCUT2D eigenvalue weighted by molar-refractivity contribution is 7.17. The van der Waals surface area contributed by atoms with Gasteiger partial charge in [-0.3, -0.25) is 0 Å². The lowest BCUT2D eigenvalue weighted by Gasteiger charge is -2.02. The summed E-state index contributed by atoms with van der Waals surface area (Å²) in [5.74, 6) is -0.420. The number of benzene rings is 1. The molecule has 1 heterocycles. The van der Waals surface area contributed by atoms with Gasteiger partial charge in [-0.2, -0.15) is 0 Å². The molecule has 0 radical (unpaired) electrons. The van der Waals surface area contributed by atoms with Crippen LogP contribution in [0, 0.1) is 0 Å². The predicted molar refractivity (Wildman–Crippen MR) is 68.9 cm³/mol. The number of ether oxygens (including phenoxy) is 1. The number of thiazole rings is 1. The molecule has 0 aliphatic heterocycles. The van der Waals surface area contributed by atoms with Gasteiger partial charge in [-0.25, -0.2) is 9.78 Å². The molecule has 88 valence electrons. The first-order chi connectivity index (χ1) is 8.13. The van der Waals surface area contributed by atoms with Crippen LogP contribution in [0.5, 0.6) is 0 Å². The van der Waals surface area contributed by atoms with Crippen LogP contribution in [0.4, 0.5) is 0 Å². The Morgan fingerprint density at radius 3 is 2.59 bits per heavy atom. The molecule has 2 aromatic rings. The average molecular weight is 288 g/mol. The fourth-order valence-corrected chi connectivity index (χ4v) is 2.88. The molecule has 0 spiro atoms. The summed E-state index contributed by atoms with van der Waals surface area (Å²) in [7, 11) is 1.32. The van der Waals surface area contributed by atoms with E-state index < -0.39 is 5.97 Å². The van der Waals surface area contributed by atoms with Gasteiger partial charge in [-0.15, -0.1) is 11.3 Å². The van der Waals surface area contributed by atoms with Gasteiger partial charge in [0.1, 0.15) is 9.88 Å². The second-order valence-corrected chi connectivity index (χ2v) is 4.96. The normalized spacial score (nSPS) is 10.3. The molecule has 2 rings (SSSR count). The van der Waals surface area contributed by atoms with Crippen molar-refractivity contribution in [1.29, 1.82) is 0 Å². The molecule has 0 amide bonds. The van der Waals surface area contributed by atoms with Crippen LogP contribution >= 0.6 is 34.5 Å². The van der Waals surface area contributed by atoms with E-state index in [0.717, 1.165) is 0 Å². The monoisotopic (exact) mass is 287 g/mol. The number of rotatable bonds is 2. The smallest absolute Gasteiger partial charge is 0.349 e. The predicted octanol–water partition coefficient (Wildman–Crippen LogP) is 3.90. The summed E-state index contributed by atoms with van der Waals surface area (Å²) >= 11 is 13.3. The van der Waals surface area contributed by atoms with E-state index in [1.807, 2.05) is 0 Å². The highest BCUT2D eigenvalue weighted by Crippen LogP contribution is 2.36. The molecule has 0 aliphatic carbocycles. The Bertz CT molecular complexity index is 548. The number of carbonyl (C=O) groups is 1. The summed E-state index contributed by atoms with van der Waals surface area (Å²) in [6, 6.07) is 5.20. The zero-order valence-corrected chi connectivity index (χ0v) is 11.1. The van der Waals surface area contributed by atoms with E-state index in [0.29, 0.717) is 25.5 Å². The van der Waals surface area contributed by atoms with Crippen molar-refractivity contribution in [1.82, 2.24) is 4.98 Å². The molecule has 0 fully saturated rings. The summed E-state index contributed by atoms with van der Waals surface area (Å²) in [5.41, 5.74) is 0.635. The van der Waals surface area contributed by atoms with Crippen LogP contribution in [-0.4, -0.2) is 18.1 Å². The molecule has 3 nitrogen and oxygen atoms in total. The number of aromatic nitrogens is 1. The summed E-state index contributed by atoms with van der Waals surface area (Å²) < 4.78 is 4.61. The van der Waals surface area contributed by atoms with Crippen LogP contribution in [-0.2, 0) is 4.74 Å². The number of nitrogens with zero attached hydrogens (tertiary/aromatic N) is 1. The lowest BCUT2D eigenvalue weighted by Crippen LogP contribution is -1.96. The number of hydrogen-bond acceptors (Lipinski definition) is 4. The van der Waals surface area contributed by atoms with Crippen molar-refractivity contribution in [2.75, 3.05) is 7.11 Å². The molecular formula is C11H7Cl2NO2S. The quantitative estimate of drug-likeness (QED) is 0.787. The van der Waals surface area contributed by atoms with Gasteiger partial charge in [-0.05, 0) is 12.1 Å². The third-order valence-corrected chi connectivity index (χ3v) is 3.69. The van der Waals surface area contributed by atoms with Crippen LogP contribution in [0.1, 0.15) is 9.67 Å². The van der Waals surface area contributed by atoms with Crippen molar-refractivity contribution in [2.45, 2.75) is 0 Å². The van der Waals surface area contributed by atoms with Crippen molar-refractivity contribution in [3.05, 3.63) is 39.3 Å². The van der Waals surface area contributed by atoms with Gasteiger partial charge in [0.25, 0.3) is 0 Å². The highest BCUT2D eigenvalue weighted by atomic mass is 35.5. The molecular weight excluding hydrogens is 281 g/mol. The minimum Gasteiger partial charge on any atom is -0.465 e.